The van der Waals surface area contributed by atoms with Gasteiger partial charge >= 0.3 is 17.9 Å². The first-order valence-electron chi connectivity index (χ1n) is 8.03. The van der Waals surface area contributed by atoms with Gasteiger partial charge in [0, 0.05) is 5.75 Å². The van der Waals surface area contributed by atoms with E-state index in [2.05, 4.69) is 10.3 Å². The number of carbonyl (C=O) groups excluding carboxylic acids is 2. The maximum absolute atomic E-state index is 12.2. The van der Waals surface area contributed by atoms with Crippen LogP contribution in [0.15, 0.2) is 11.8 Å². The van der Waals surface area contributed by atoms with Crippen LogP contribution in [0.5, 0.6) is 0 Å². The molecule has 0 saturated carbocycles. The van der Waals surface area contributed by atoms with Crippen molar-refractivity contribution in [1.29, 1.82) is 0 Å². The minimum Gasteiger partial charge on any atom is -0.481 e. The second-order valence-electron chi connectivity index (χ2n) is 5.87. The van der Waals surface area contributed by atoms with Crippen molar-refractivity contribution < 1.29 is 34.1 Å². The fraction of sp³-hybridized carbons (Fsp3) is 0.467. The number of fused-ring (bicyclic) bond motifs is 1. The Morgan fingerprint density at radius 3 is 2.81 bits per heavy atom. The molecule has 2 aliphatic heterocycles. The Morgan fingerprint density at radius 2 is 2.11 bits per heavy atom. The zero-order valence-corrected chi connectivity index (χ0v) is 14.8. The molecule has 1 aromatic rings. The number of carbonyl (C=O) groups is 4. The third-order valence-corrected chi connectivity index (χ3v) is 5.32. The van der Waals surface area contributed by atoms with Gasteiger partial charge in [-0.05, 0) is 6.08 Å². The Bertz CT molecular complexity index is 821. The summed E-state index contributed by atoms with van der Waals surface area (Å²) in [5, 5.41) is 25.1. The molecule has 2 N–H and O–H groups in total. The number of carboxylic acids is 2. The maximum atomic E-state index is 12.2. The Hall–Kier alpha value is -2.89. The quantitative estimate of drug-likeness (QED) is 0.332. The van der Waals surface area contributed by atoms with Crippen molar-refractivity contribution in [2.45, 2.75) is 30.8 Å². The van der Waals surface area contributed by atoms with Crippen molar-refractivity contribution >= 4 is 41.7 Å². The summed E-state index contributed by atoms with van der Waals surface area (Å²) >= 11 is 1.39. The number of rotatable bonds is 8. The Kier molecular flexibility index (Phi) is 5.44. The second kappa shape index (κ2) is 7.78. The van der Waals surface area contributed by atoms with E-state index < -0.39 is 23.9 Å². The van der Waals surface area contributed by atoms with Crippen LogP contribution in [0.1, 0.15) is 18.5 Å². The van der Waals surface area contributed by atoms with Gasteiger partial charge in [0.05, 0.1) is 31.2 Å². The molecule has 2 unspecified atom stereocenters. The molecule has 0 spiro atoms. The molecule has 2 fully saturated rings. The molecular formula is C15H16N4O7S. The largest absolute Gasteiger partial charge is 0.481 e. The topological polar surface area (TPSA) is 152 Å². The van der Waals surface area contributed by atoms with Crippen LogP contribution in [0.2, 0.25) is 0 Å². The van der Waals surface area contributed by atoms with Crippen molar-refractivity contribution in [3.05, 3.63) is 17.5 Å². The standard InChI is InChI=1S/C15H16N4O7S/c20-11(21)1-2-12(22)26-4-3-18-6-8(16-17-18)5-9-13(23)19-10(15(24)25)7-27-14(9)19/h5-6,10,14H,1-4,7H2,(H,20,21)(H,24,25)/b9-5+. The van der Waals surface area contributed by atoms with Gasteiger partial charge in [-0.15, -0.1) is 16.9 Å². The number of hydrogen-bond acceptors (Lipinski definition) is 8. The van der Waals surface area contributed by atoms with Crippen LogP contribution in [-0.2, 0) is 30.5 Å². The summed E-state index contributed by atoms with van der Waals surface area (Å²) < 4.78 is 6.33. The van der Waals surface area contributed by atoms with Crippen LogP contribution in [0.3, 0.4) is 0 Å². The summed E-state index contributed by atoms with van der Waals surface area (Å²) in [4.78, 5) is 46.3. The Balaban J connectivity index is 1.51. The number of thioether (sulfide) groups is 1. The molecule has 2 saturated heterocycles. The summed E-state index contributed by atoms with van der Waals surface area (Å²) in [6, 6.07) is -0.795. The Morgan fingerprint density at radius 1 is 1.33 bits per heavy atom. The maximum Gasteiger partial charge on any atom is 0.327 e. The minimum atomic E-state index is -1.07. The summed E-state index contributed by atoms with van der Waals surface area (Å²) in [5.41, 5.74) is 0.922. The van der Waals surface area contributed by atoms with Crippen molar-refractivity contribution in [1.82, 2.24) is 19.9 Å². The summed E-state index contributed by atoms with van der Waals surface area (Å²) in [6.07, 6.45) is 2.66. The molecule has 1 amide bonds. The first-order valence-corrected chi connectivity index (χ1v) is 9.08. The average molecular weight is 396 g/mol. The van der Waals surface area contributed by atoms with Gasteiger partial charge in [-0.1, -0.05) is 5.21 Å². The van der Waals surface area contributed by atoms with Crippen LogP contribution in [0.4, 0.5) is 0 Å². The molecule has 2 atom stereocenters. The van der Waals surface area contributed by atoms with Crippen molar-refractivity contribution in [3.8, 4) is 0 Å². The fourth-order valence-corrected chi connectivity index (χ4v) is 4.11. The molecule has 3 rings (SSSR count). The van der Waals surface area contributed by atoms with E-state index in [-0.39, 0.29) is 37.3 Å². The molecule has 0 bridgehead atoms. The number of esters is 1. The molecule has 27 heavy (non-hydrogen) atoms. The third kappa shape index (κ3) is 4.10. The van der Waals surface area contributed by atoms with Gasteiger partial charge in [-0.3, -0.25) is 14.4 Å². The van der Waals surface area contributed by atoms with Gasteiger partial charge in [0.1, 0.15) is 23.7 Å². The Labute approximate surface area is 157 Å². The smallest absolute Gasteiger partial charge is 0.327 e. The number of carboxylic acid groups (broad SMARTS) is 2. The van der Waals surface area contributed by atoms with Crippen LogP contribution in [0, 0.1) is 0 Å². The number of β-lactam (4-membered cyclic amide) rings is 1. The molecule has 1 aromatic heterocycles. The summed E-state index contributed by atoms with van der Waals surface area (Å²) in [5.74, 6) is -2.66. The van der Waals surface area contributed by atoms with E-state index >= 15 is 0 Å². The summed E-state index contributed by atoms with van der Waals surface area (Å²) in [7, 11) is 0. The van der Waals surface area contributed by atoms with Gasteiger partial charge < -0.3 is 19.8 Å². The highest BCUT2D eigenvalue weighted by molar-refractivity contribution is 8.00. The van der Waals surface area contributed by atoms with Crippen LogP contribution < -0.4 is 0 Å². The van der Waals surface area contributed by atoms with Gasteiger partial charge in [0.25, 0.3) is 5.91 Å². The number of aromatic nitrogens is 3. The van der Waals surface area contributed by atoms with Gasteiger partial charge in [0.15, 0.2) is 0 Å². The van der Waals surface area contributed by atoms with E-state index in [0.29, 0.717) is 17.0 Å². The predicted octanol–water partition coefficient (Wildman–Crippen LogP) is -0.562. The van der Waals surface area contributed by atoms with Crippen molar-refractivity contribution in [2.75, 3.05) is 12.4 Å². The number of nitrogens with zero attached hydrogens (tertiary/aromatic N) is 4. The normalized spacial score (nSPS) is 22.4. The molecule has 12 heteroatoms. The molecule has 11 nitrogen and oxygen atoms in total. The molecule has 3 heterocycles. The molecule has 0 radical (unpaired) electrons. The predicted molar refractivity (Wildman–Crippen MR) is 90.3 cm³/mol. The van der Waals surface area contributed by atoms with E-state index in [1.165, 1.54) is 21.3 Å². The third-order valence-electron chi connectivity index (χ3n) is 4.02. The van der Waals surface area contributed by atoms with Gasteiger partial charge in [-0.25, -0.2) is 9.48 Å². The second-order valence-corrected chi connectivity index (χ2v) is 6.99. The van der Waals surface area contributed by atoms with Crippen LogP contribution in [-0.4, -0.2) is 77.7 Å². The molecule has 0 aromatic carbocycles. The molecule has 2 aliphatic rings. The fourth-order valence-electron chi connectivity index (χ4n) is 2.69. The molecule has 0 aliphatic carbocycles. The SMILES string of the molecule is O=C(O)CCC(=O)OCCn1cc(/C=C2\C(=O)N3C(C(=O)O)CSC23)nn1. The minimum absolute atomic E-state index is 0.0172. The average Bonchev–Trinajstić information content (AvgIpc) is 3.22. The first kappa shape index (κ1) is 18.9. The van der Waals surface area contributed by atoms with E-state index in [1.54, 1.807) is 12.3 Å². The lowest BCUT2D eigenvalue weighted by atomic mass is 10.0. The van der Waals surface area contributed by atoms with E-state index in [1.807, 2.05) is 0 Å². The van der Waals surface area contributed by atoms with Crippen molar-refractivity contribution in [2.24, 2.45) is 0 Å². The number of amides is 1. The highest BCUT2D eigenvalue weighted by Gasteiger charge is 2.53. The van der Waals surface area contributed by atoms with Gasteiger partial charge in [-0.2, -0.15) is 0 Å². The molecular weight excluding hydrogens is 380 g/mol. The lowest BCUT2D eigenvalue weighted by Gasteiger charge is -2.38. The zero-order chi connectivity index (χ0) is 19.6. The number of hydrogen-bond donors (Lipinski definition) is 2. The molecule has 144 valence electrons. The monoisotopic (exact) mass is 396 g/mol. The van der Waals surface area contributed by atoms with Gasteiger partial charge in [0.2, 0.25) is 0 Å². The highest BCUT2D eigenvalue weighted by atomic mass is 32.2. The first-order chi connectivity index (χ1) is 12.9. The van der Waals surface area contributed by atoms with Crippen LogP contribution >= 0.6 is 11.8 Å². The van der Waals surface area contributed by atoms with E-state index in [4.69, 9.17) is 14.9 Å². The number of ether oxygens (including phenoxy) is 1. The van der Waals surface area contributed by atoms with E-state index in [0.717, 1.165) is 0 Å². The zero-order valence-electron chi connectivity index (χ0n) is 14.0. The lowest BCUT2D eigenvalue weighted by Crippen LogP contribution is -2.56. The number of aliphatic carboxylic acids is 2. The highest BCUT2D eigenvalue weighted by Crippen LogP contribution is 2.43. The van der Waals surface area contributed by atoms with E-state index in [9.17, 15) is 19.2 Å². The summed E-state index contributed by atoms with van der Waals surface area (Å²) in [6.45, 7) is 0.248. The lowest BCUT2D eigenvalue weighted by molar-refractivity contribution is -0.150. The van der Waals surface area contributed by atoms with Crippen molar-refractivity contribution in [3.63, 3.8) is 0 Å². The van der Waals surface area contributed by atoms with Crippen LogP contribution in [0.25, 0.3) is 6.08 Å².